The van der Waals surface area contributed by atoms with Crippen LogP contribution >= 0.6 is 23.1 Å². The van der Waals surface area contributed by atoms with Gasteiger partial charge in [0.25, 0.3) is 0 Å². The highest BCUT2D eigenvalue weighted by atomic mass is 32.2. The molecule has 3 rings (SSSR count). The van der Waals surface area contributed by atoms with Crippen molar-refractivity contribution in [2.75, 3.05) is 23.4 Å². The number of nitrogen functional groups attached to an aromatic ring is 1. The number of carbonyl (C=O) groups is 1. The molecule has 10 heteroatoms. The lowest BCUT2D eigenvalue weighted by atomic mass is 10.2. The fraction of sp³-hybridized carbons (Fsp3) is 0.500. The number of aromatic nitrogens is 3. The maximum Gasteiger partial charge on any atom is 0.235 e. The van der Waals surface area contributed by atoms with Crippen molar-refractivity contribution in [3.05, 3.63) is 16.8 Å². The van der Waals surface area contributed by atoms with E-state index in [1.165, 1.54) is 23.1 Å². The summed E-state index contributed by atoms with van der Waals surface area (Å²) in [5.74, 6) is 0.509. The quantitative estimate of drug-likeness (QED) is 0.724. The Morgan fingerprint density at radius 3 is 2.96 bits per heavy atom. The predicted octanol–water partition coefficient (Wildman–Crippen LogP) is 2.32. The molecule has 0 radical (unpaired) electrons. The van der Waals surface area contributed by atoms with Crippen LogP contribution in [-0.4, -0.2) is 39.1 Å². The summed E-state index contributed by atoms with van der Waals surface area (Å²) >= 11 is 2.51. The van der Waals surface area contributed by atoms with Crippen molar-refractivity contribution < 1.29 is 9.53 Å². The summed E-state index contributed by atoms with van der Waals surface area (Å²) < 4.78 is 8.34. The lowest BCUT2D eigenvalue weighted by molar-refractivity contribution is -0.113. The molecule has 1 unspecified atom stereocenters. The van der Waals surface area contributed by atoms with Crippen LogP contribution in [0.15, 0.2) is 4.34 Å². The minimum Gasteiger partial charge on any atom is -0.376 e. The van der Waals surface area contributed by atoms with Gasteiger partial charge >= 0.3 is 0 Å². The topological polar surface area (TPSA) is 119 Å². The van der Waals surface area contributed by atoms with Crippen molar-refractivity contribution in [3.8, 4) is 6.07 Å². The van der Waals surface area contributed by atoms with Gasteiger partial charge in [-0.2, -0.15) is 5.26 Å². The molecule has 0 saturated carbocycles. The lowest BCUT2D eigenvalue weighted by Gasteiger charge is -2.16. The molecule has 0 spiro atoms. The van der Waals surface area contributed by atoms with Crippen LogP contribution in [0.5, 0.6) is 0 Å². The number of rotatable bonds is 6. The molecule has 1 saturated heterocycles. The third-order valence-corrected chi connectivity index (χ3v) is 6.24. The molecule has 0 bridgehead atoms. The van der Waals surface area contributed by atoms with E-state index in [-0.39, 0.29) is 17.8 Å². The maximum atomic E-state index is 12.4. The van der Waals surface area contributed by atoms with Crippen LogP contribution in [0.2, 0.25) is 0 Å². The number of hydrogen-bond donors (Lipinski definition) is 2. The summed E-state index contributed by atoms with van der Waals surface area (Å²) in [4.78, 5) is 12.4. The molecule has 3 N–H and O–H groups in total. The van der Waals surface area contributed by atoms with Gasteiger partial charge in [-0.25, -0.2) is 0 Å². The number of thioether (sulfide) groups is 1. The number of nitrogens with two attached hydrogens (primary N) is 1. The van der Waals surface area contributed by atoms with Crippen LogP contribution in [0.1, 0.15) is 29.7 Å². The van der Waals surface area contributed by atoms with Gasteiger partial charge in [-0.15, -0.1) is 10.2 Å². The van der Waals surface area contributed by atoms with Gasteiger partial charge in [0.1, 0.15) is 11.9 Å². The van der Waals surface area contributed by atoms with Crippen molar-refractivity contribution in [3.63, 3.8) is 0 Å². The van der Waals surface area contributed by atoms with Crippen LogP contribution in [0.3, 0.4) is 0 Å². The van der Waals surface area contributed by atoms with Crippen molar-refractivity contribution in [1.29, 1.82) is 5.26 Å². The van der Waals surface area contributed by atoms with E-state index >= 15 is 0 Å². The Balaban J connectivity index is 1.75. The van der Waals surface area contributed by atoms with Crippen molar-refractivity contribution in [2.24, 2.45) is 0 Å². The first kappa shape index (κ1) is 18.7. The zero-order valence-electron chi connectivity index (χ0n) is 14.6. The minimum absolute atomic E-state index is 0.112. The standard InChI is InChI=1S/C16H20N6O2S2/c1-9-10(2)22(7-11-4-3-5-24-11)14(12(9)6-17)19-13(23)8-25-16-21-20-15(18)26-16/h11H,3-5,7-8H2,1-2H3,(H2,18,20)(H,19,23). The molecule has 0 aromatic carbocycles. The molecule has 2 aromatic rings. The molecule has 2 aromatic heterocycles. The van der Waals surface area contributed by atoms with Crippen LogP contribution in [-0.2, 0) is 16.1 Å². The highest BCUT2D eigenvalue weighted by Gasteiger charge is 2.24. The monoisotopic (exact) mass is 392 g/mol. The van der Waals surface area contributed by atoms with Gasteiger partial charge in [-0.05, 0) is 32.3 Å². The Labute approximate surface area is 159 Å². The Morgan fingerprint density at radius 2 is 2.35 bits per heavy atom. The number of nitrogens with zero attached hydrogens (tertiary/aromatic N) is 4. The molecule has 8 nitrogen and oxygen atoms in total. The number of hydrogen-bond acceptors (Lipinski definition) is 8. The number of anilines is 2. The number of nitrogens with one attached hydrogen (secondary N) is 1. The molecule has 1 aliphatic rings. The van der Waals surface area contributed by atoms with Crippen molar-refractivity contribution in [1.82, 2.24) is 14.8 Å². The zero-order valence-corrected chi connectivity index (χ0v) is 16.2. The number of ether oxygens (including phenoxy) is 1. The summed E-state index contributed by atoms with van der Waals surface area (Å²) in [6.07, 6.45) is 2.14. The van der Waals surface area contributed by atoms with E-state index in [0.29, 0.717) is 27.4 Å². The SMILES string of the molecule is Cc1c(C#N)c(NC(=O)CSc2nnc(N)s2)n(CC2CCCO2)c1C. The number of carbonyl (C=O) groups excluding carboxylic acids is 1. The van der Waals surface area contributed by atoms with Gasteiger partial charge in [0, 0.05) is 12.3 Å². The van der Waals surface area contributed by atoms with Crippen LogP contribution in [0.25, 0.3) is 0 Å². The smallest absolute Gasteiger partial charge is 0.235 e. The highest BCUT2D eigenvalue weighted by molar-refractivity contribution is 8.01. The van der Waals surface area contributed by atoms with Gasteiger partial charge in [-0.1, -0.05) is 23.1 Å². The second-order valence-corrected chi connectivity index (χ2v) is 8.27. The van der Waals surface area contributed by atoms with Crippen LogP contribution in [0.4, 0.5) is 10.9 Å². The molecular weight excluding hydrogens is 372 g/mol. The van der Waals surface area contributed by atoms with Gasteiger partial charge in [0.15, 0.2) is 4.34 Å². The molecule has 26 heavy (non-hydrogen) atoms. The third kappa shape index (κ3) is 4.00. The molecule has 1 fully saturated rings. The Bertz CT molecular complexity index is 848. The van der Waals surface area contributed by atoms with Crippen LogP contribution in [0, 0.1) is 25.2 Å². The maximum absolute atomic E-state index is 12.4. The first-order valence-electron chi connectivity index (χ1n) is 8.22. The third-order valence-electron chi connectivity index (χ3n) is 4.36. The average Bonchev–Trinajstić information content (AvgIpc) is 3.32. The normalized spacial score (nSPS) is 16.6. The van der Waals surface area contributed by atoms with Gasteiger partial charge in [0.2, 0.25) is 11.0 Å². The first-order chi connectivity index (χ1) is 12.5. The average molecular weight is 393 g/mol. The predicted molar refractivity (Wildman–Crippen MR) is 101 cm³/mol. The van der Waals surface area contributed by atoms with Crippen molar-refractivity contribution in [2.45, 2.75) is 43.7 Å². The largest absolute Gasteiger partial charge is 0.376 e. The van der Waals surface area contributed by atoms with Gasteiger partial charge < -0.3 is 20.4 Å². The second-order valence-electron chi connectivity index (χ2n) is 6.03. The van der Waals surface area contributed by atoms with E-state index in [1.807, 2.05) is 18.4 Å². The Kier molecular flexibility index (Phi) is 5.80. The fourth-order valence-electron chi connectivity index (χ4n) is 2.92. The fourth-order valence-corrected chi connectivity index (χ4v) is 4.36. The van der Waals surface area contributed by atoms with E-state index in [2.05, 4.69) is 21.6 Å². The minimum atomic E-state index is -0.202. The Morgan fingerprint density at radius 1 is 1.54 bits per heavy atom. The Hall–Kier alpha value is -2.09. The zero-order chi connectivity index (χ0) is 18.7. The van der Waals surface area contributed by atoms with Gasteiger partial charge in [-0.3, -0.25) is 4.79 Å². The van der Waals surface area contributed by atoms with E-state index in [0.717, 1.165) is 30.7 Å². The molecule has 0 aliphatic carbocycles. The molecule has 1 atom stereocenters. The van der Waals surface area contributed by atoms with E-state index in [4.69, 9.17) is 10.5 Å². The molecule has 1 aliphatic heterocycles. The number of nitriles is 1. The summed E-state index contributed by atoms with van der Waals surface area (Å²) in [7, 11) is 0. The first-order valence-corrected chi connectivity index (χ1v) is 10.0. The van der Waals surface area contributed by atoms with E-state index < -0.39 is 0 Å². The van der Waals surface area contributed by atoms with E-state index in [1.54, 1.807) is 0 Å². The highest BCUT2D eigenvalue weighted by Crippen LogP contribution is 2.29. The lowest BCUT2D eigenvalue weighted by Crippen LogP contribution is -2.22. The van der Waals surface area contributed by atoms with Crippen LogP contribution < -0.4 is 11.1 Å². The molecule has 138 valence electrons. The summed E-state index contributed by atoms with van der Waals surface area (Å²) in [6.45, 7) is 5.25. The summed E-state index contributed by atoms with van der Waals surface area (Å²) in [5.41, 5.74) is 7.89. The summed E-state index contributed by atoms with van der Waals surface area (Å²) in [5, 5.41) is 20.4. The van der Waals surface area contributed by atoms with E-state index in [9.17, 15) is 10.1 Å². The van der Waals surface area contributed by atoms with Crippen molar-refractivity contribution >= 4 is 40.0 Å². The number of amides is 1. The second kappa shape index (κ2) is 8.07. The molecule has 3 heterocycles. The molecule has 1 amide bonds. The van der Waals surface area contributed by atoms with Gasteiger partial charge in [0.05, 0.1) is 24.0 Å². The molecular formula is C16H20N6O2S2. The summed E-state index contributed by atoms with van der Waals surface area (Å²) in [6, 6.07) is 2.21.